The van der Waals surface area contributed by atoms with E-state index in [-0.39, 0.29) is 16.9 Å². The third kappa shape index (κ3) is 4.06. The van der Waals surface area contributed by atoms with E-state index in [0.29, 0.717) is 16.9 Å². The molecule has 1 aromatic rings. The van der Waals surface area contributed by atoms with Crippen molar-refractivity contribution in [1.82, 2.24) is 5.32 Å². The molecule has 0 bridgehead atoms. The lowest BCUT2D eigenvalue weighted by molar-refractivity contribution is 0.0917. The van der Waals surface area contributed by atoms with Crippen LogP contribution < -0.4 is 5.32 Å². The number of rotatable bonds is 5. The van der Waals surface area contributed by atoms with Gasteiger partial charge < -0.3 is 5.32 Å². The van der Waals surface area contributed by atoms with E-state index in [1.165, 1.54) is 18.9 Å². The summed E-state index contributed by atoms with van der Waals surface area (Å²) in [6.45, 7) is 5.08. The molecule has 0 aliphatic heterocycles. The second-order valence-corrected chi connectivity index (χ2v) is 7.44. The number of carbonyl (C=O) groups excluding carboxylic acids is 1. The Hall–Kier alpha value is -0.900. The fourth-order valence-electron chi connectivity index (χ4n) is 3.51. The molecule has 0 atom stereocenters. The van der Waals surface area contributed by atoms with E-state index in [2.05, 4.69) is 35.1 Å². The Labute approximate surface area is 134 Å². The van der Waals surface area contributed by atoms with Crippen molar-refractivity contribution in [1.29, 1.82) is 0 Å². The van der Waals surface area contributed by atoms with Gasteiger partial charge in [0.05, 0.1) is 5.56 Å². The zero-order valence-corrected chi connectivity index (χ0v) is 14.3. The summed E-state index contributed by atoms with van der Waals surface area (Å²) in [5.41, 5.74) is 0.303. The molecule has 1 aliphatic rings. The lowest BCUT2D eigenvalue weighted by Crippen LogP contribution is -2.37. The quantitative estimate of drug-likeness (QED) is 0.797. The van der Waals surface area contributed by atoms with Gasteiger partial charge in [0.15, 0.2) is 0 Å². The van der Waals surface area contributed by atoms with Crippen molar-refractivity contribution >= 4 is 21.8 Å². The molecule has 1 amide bonds. The Morgan fingerprint density at radius 1 is 1.38 bits per heavy atom. The van der Waals surface area contributed by atoms with Crippen LogP contribution in [-0.4, -0.2) is 12.5 Å². The smallest absolute Gasteiger partial charge is 0.255 e. The molecule has 0 radical (unpaired) electrons. The molecule has 0 unspecified atom stereocenters. The zero-order chi connectivity index (χ0) is 15.5. The molecule has 1 aliphatic carbocycles. The predicted octanol–water partition coefficient (Wildman–Crippen LogP) is 4.92. The number of amides is 1. The predicted molar refractivity (Wildman–Crippen MR) is 86.8 cm³/mol. The summed E-state index contributed by atoms with van der Waals surface area (Å²) >= 11 is 3.25. The van der Waals surface area contributed by atoms with Gasteiger partial charge in [0.25, 0.3) is 5.91 Å². The summed E-state index contributed by atoms with van der Waals surface area (Å²) in [6, 6.07) is 4.60. The van der Waals surface area contributed by atoms with Gasteiger partial charge in [-0.3, -0.25) is 4.79 Å². The highest BCUT2D eigenvalue weighted by molar-refractivity contribution is 9.10. The first kappa shape index (κ1) is 16.5. The largest absolute Gasteiger partial charge is 0.351 e. The summed E-state index contributed by atoms with van der Waals surface area (Å²) in [4.78, 5) is 12.3. The lowest BCUT2D eigenvalue weighted by atomic mass is 9.78. The highest BCUT2D eigenvalue weighted by atomic mass is 79.9. The first-order valence-electron chi connectivity index (χ1n) is 7.66. The van der Waals surface area contributed by atoms with E-state index >= 15 is 0 Å². The maximum Gasteiger partial charge on any atom is 0.255 e. The molecule has 0 aromatic heterocycles. The van der Waals surface area contributed by atoms with Gasteiger partial charge in [-0.25, -0.2) is 4.39 Å². The van der Waals surface area contributed by atoms with Crippen LogP contribution in [0, 0.1) is 17.2 Å². The minimum Gasteiger partial charge on any atom is -0.351 e. The number of benzene rings is 1. The summed E-state index contributed by atoms with van der Waals surface area (Å²) in [5.74, 6) is -0.193. The molecular formula is C17H23BrFNO. The average molecular weight is 356 g/mol. The van der Waals surface area contributed by atoms with Crippen LogP contribution in [0.4, 0.5) is 4.39 Å². The lowest BCUT2D eigenvalue weighted by Gasteiger charge is -2.31. The summed E-state index contributed by atoms with van der Waals surface area (Å²) in [5, 5.41) is 2.96. The van der Waals surface area contributed by atoms with Gasteiger partial charge in [-0.1, -0.05) is 32.8 Å². The van der Waals surface area contributed by atoms with Gasteiger partial charge in [0.1, 0.15) is 5.82 Å². The number of hydrogen-bond acceptors (Lipinski definition) is 1. The molecule has 1 N–H and O–H groups in total. The summed E-state index contributed by atoms with van der Waals surface area (Å²) in [7, 11) is 0. The Bertz CT molecular complexity index is 489. The SMILES string of the molecule is CC(C)CC1(CNC(=O)c2c(F)cccc2Br)CCCC1. The maximum absolute atomic E-state index is 13.8. The van der Waals surface area contributed by atoms with E-state index in [1.54, 1.807) is 12.1 Å². The number of nitrogens with one attached hydrogen (secondary N) is 1. The average Bonchev–Trinajstić information content (AvgIpc) is 2.84. The van der Waals surface area contributed by atoms with Crippen molar-refractivity contribution < 1.29 is 9.18 Å². The van der Waals surface area contributed by atoms with Crippen LogP contribution >= 0.6 is 15.9 Å². The third-order valence-corrected chi connectivity index (χ3v) is 4.98. The fourth-order valence-corrected chi connectivity index (χ4v) is 4.04. The minimum absolute atomic E-state index is 0.107. The molecule has 0 saturated heterocycles. The van der Waals surface area contributed by atoms with Crippen LogP contribution in [0.5, 0.6) is 0 Å². The van der Waals surface area contributed by atoms with Crippen LogP contribution in [0.1, 0.15) is 56.3 Å². The topological polar surface area (TPSA) is 29.1 Å². The van der Waals surface area contributed by atoms with Gasteiger partial charge in [-0.15, -0.1) is 0 Å². The van der Waals surface area contributed by atoms with Gasteiger partial charge in [0.2, 0.25) is 0 Å². The van der Waals surface area contributed by atoms with E-state index in [0.717, 1.165) is 19.3 Å². The fraction of sp³-hybridized carbons (Fsp3) is 0.588. The van der Waals surface area contributed by atoms with E-state index < -0.39 is 5.82 Å². The maximum atomic E-state index is 13.8. The zero-order valence-electron chi connectivity index (χ0n) is 12.7. The van der Waals surface area contributed by atoms with Crippen molar-refractivity contribution in [2.45, 2.75) is 46.0 Å². The van der Waals surface area contributed by atoms with Crippen LogP contribution in [0.15, 0.2) is 22.7 Å². The van der Waals surface area contributed by atoms with Gasteiger partial charge in [-0.05, 0) is 58.7 Å². The van der Waals surface area contributed by atoms with Gasteiger partial charge in [-0.2, -0.15) is 0 Å². The van der Waals surface area contributed by atoms with E-state index in [4.69, 9.17) is 0 Å². The monoisotopic (exact) mass is 355 g/mol. The molecule has 1 aromatic carbocycles. The van der Waals surface area contributed by atoms with Crippen molar-refractivity contribution in [2.24, 2.45) is 11.3 Å². The van der Waals surface area contributed by atoms with Crippen molar-refractivity contribution in [3.8, 4) is 0 Å². The standard InChI is InChI=1S/C17H23BrFNO/c1-12(2)10-17(8-3-4-9-17)11-20-16(21)15-13(18)6-5-7-14(15)19/h5-7,12H,3-4,8-11H2,1-2H3,(H,20,21). The molecule has 1 saturated carbocycles. The highest BCUT2D eigenvalue weighted by Crippen LogP contribution is 2.42. The highest BCUT2D eigenvalue weighted by Gasteiger charge is 2.34. The Morgan fingerprint density at radius 3 is 2.62 bits per heavy atom. The van der Waals surface area contributed by atoms with E-state index in [9.17, 15) is 9.18 Å². The first-order valence-corrected chi connectivity index (χ1v) is 8.45. The molecule has 1 fully saturated rings. The van der Waals surface area contributed by atoms with Crippen molar-refractivity contribution in [3.63, 3.8) is 0 Å². The molecular weight excluding hydrogens is 333 g/mol. The number of halogens is 2. The van der Waals surface area contributed by atoms with E-state index in [1.807, 2.05) is 0 Å². The first-order chi connectivity index (χ1) is 9.93. The Morgan fingerprint density at radius 2 is 2.05 bits per heavy atom. The Balaban J connectivity index is 2.06. The second-order valence-electron chi connectivity index (χ2n) is 6.58. The molecule has 0 spiro atoms. The molecule has 116 valence electrons. The summed E-state index contributed by atoms with van der Waals surface area (Å²) in [6.07, 6.45) is 5.89. The number of hydrogen-bond donors (Lipinski definition) is 1. The van der Waals surface area contributed by atoms with Crippen LogP contribution in [0.25, 0.3) is 0 Å². The van der Waals surface area contributed by atoms with Crippen molar-refractivity contribution in [2.75, 3.05) is 6.54 Å². The molecule has 4 heteroatoms. The van der Waals surface area contributed by atoms with Crippen LogP contribution in [-0.2, 0) is 0 Å². The molecule has 21 heavy (non-hydrogen) atoms. The van der Waals surface area contributed by atoms with Gasteiger partial charge >= 0.3 is 0 Å². The van der Waals surface area contributed by atoms with Gasteiger partial charge in [0, 0.05) is 11.0 Å². The molecule has 0 heterocycles. The van der Waals surface area contributed by atoms with Crippen LogP contribution in [0.3, 0.4) is 0 Å². The third-order valence-electron chi connectivity index (χ3n) is 4.32. The normalized spacial score (nSPS) is 17.2. The second kappa shape index (κ2) is 6.91. The van der Waals surface area contributed by atoms with Crippen LogP contribution in [0.2, 0.25) is 0 Å². The minimum atomic E-state index is -0.480. The van der Waals surface area contributed by atoms with Crippen molar-refractivity contribution in [3.05, 3.63) is 34.1 Å². The molecule has 2 nitrogen and oxygen atoms in total. The number of carbonyl (C=O) groups is 1. The Kier molecular flexibility index (Phi) is 5.42. The molecule has 2 rings (SSSR count). The summed E-state index contributed by atoms with van der Waals surface area (Å²) < 4.78 is 14.3.